The number of anilines is 2. The quantitative estimate of drug-likeness (QED) is 0.221. The number of aromatic nitrogens is 5. The number of rotatable bonds is 5. The van der Waals surface area contributed by atoms with Crippen LogP contribution in [-0.2, 0) is 0 Å². The van der Waals surface area contributed by atoms with Crippen molar-refractivity contribution in [3.8, 4) is 23.0 Å². The first-order valence-electron chi connectivity index (χ1n) is 15.0. The largest absolute Gasteiger partial charge is 0.323 e. The molecule has 0 atom stereocenters. The van der Waals surface area contributed by atoms with Gasteiger partial charge >= 0.3 is 0 Å². The highest BCUT2D eigenvalue weighted by atomic mass is 15.3. The third-order valence-corrected chi connectivity index (χ3v) is 8.43. The van der Waals surface area contributed by atoms with E-state index >= 15 is 0 Å². The lowest BCUT2D eigenvalue weighted by atomic mass is 10.0. The van der Waals surface area contributed by atoms with E-state index in [4.69, 9.17) is 15.0 Å². The third kappa shape index (κ3) is 4.07. The molecule has 0 amide bonds. The molecule has 6 aromatic carbocycles. The molecule has 3 heterocycles. The summed E-state index contributed by atoms with van der Waals surface area (Å²) in [6.45, 7) is 0. The fraction of sp³-hybridized carbons (Fsp3) is 0. The minimum Gasteiger partial charge on any atom is -0.323 e. The van der Waals surface area contributed by atoms with Gasteiger partial charge in [0, 0.05) is 32.8 Å². The molecule has 9 aromatic rings. The highest BCUT2D eigenvalue weighted by molar-refractivity contribution is 6.10. The van der Waals surface area contributed by atoms with Gasteiger partial charge in [0.1, 0.15) is 0 Å². The van der Waals surface area contributed by atoms with Gasteiger partial charge in [-0.05, 0) is 35.9 Å². The summed E-state index contributed by atoms with van der Waals surface area (Å²) >= 11 is 0. The van der Waals surface area contributed by atoms with Crippen LogP contribution in [0.3, 0.4) is 0 Å². The van der Waals surface area contributed by atoms with Crippen LogP contribution in [0.25, 0.3) is 66.6 Å². The molecule has 0 saturated heterocycles. The molecule has 0 fully saturated rings. The van der Waals surface area contributed by atoms with Gasteiger partial charge in [0.05, 0.1) is 22.1 Å². The van der Waals surface area contributed by atoms with Crippen molar-refractivity contribution in [3.63, 3.8) is 0 Å². The van der Waals surface area contributed by atoms with Crippen LogP contribution in [-0.4, -0.2) is 24.1 Å². The highest BCUT2D eigenvalue weighted by Gasteiger charge is 2.20. The number of para-hydroxylation sites is 5. The number of hydrogen-bond acceptors (Lipinski definition) is 4. The predicted octanol–water partition coefficient (Wildman–Crippen LogP) is 9.48. The molecule has 6 heteroatoms. The molecule has 6 nitrogen and oxygen atoms in total. The van der Waals surface area contributed by atoms with Crippen molar-refractivity contribution in [1.29, 1.82) is 0 Å². The summed E-state index contributed by atoms with van der Waals surface area (Å²) in [4.78, 5) is 15.4. The van der Waals surface area contributed by atoms with Gasteiger partial charge in [0.25, 0.3) is 0 Å². The zero-order chi connectivity index (χ0) is 29.7. The molecule has 0 unspecified atom stereocenters. The lowest BCUT2D eigenvalue weighted by Crippen LogP contribution is -2.11. The van der Waals surface area contributed by atoms with Crippen molar-refractivity contribution < 1.29 is 0 Å². The van der Waals surface area contributed by atoms with Crippen molar-refractivity contribution in [2.24, 2.45) is 0 Å². The van der Waals surface area contributed by atoms with Crippen LogP contribution in [0.4, 0.5) is 11.6 Å². The number of nitrogens with zero attached hydrogens (tertiary/aromatic N) is 5. The molecule has 45 heavy (non-hydrogen) atoms. The van der Waals surface area contributed by atoms with Crippen LogP contribution in [0.2, 0.25) is 0 Å². The first-order chi connectivity index (χ1) is 22.3. The van der Waals surface area contributed by atoms with Crippen LogP contribution >= 0.6 is 0 Å². The van der Waals surface area contributed by atoms with Crippen molar-refractivity contribution in [3.05, 3.63) is 152 Å². The normalized spacial score (nSPS) is 11.6. The molecule has 3 aromatic heterocycles. The van der Waals surface area contributed by atoms with Crippen LogP contribution in [0.15, 0.2) is 152 Å². The molecule has 1 N–H and O–H groups in total. The Morgan fingerprint density at radius 3 is 1.27 bits per heavy atom. The second kappa shape index (κ2) is 10.2. The van der Waals surface area contributed by atoms with E-state index in [0.29, 0.717) is 17.8 Å². The van der Waals surface area contributed by atoms with E-state index in [0.717, 1.165) is 60.4 Å². The van der Waals surface area contributed by atoms with E-state index in [-0.39, 0.29) is 0 Å². The first-order valence-corrected chi connectivity index (χ1v) is 15.0. The van der Waals surface area contributed by atoms with E-state index in [1.165, 1.54) is 0 Å². The summed E-state index contributed by atoms with van der Waals surface area (Å²) in [5.74, 6) is 1.54. The van der Waals surface area contributed by atoms with Crippen molar-refractivity contribution in [2.75, 3.05) is 5.32 Å². The van der Waals surface area contributed by atoms with Gasteiger partial charge in [0.15, 0.2) is 0 Å². The Labute approximate surface area is 258 Å². The Bertz CT molecular complexity index is 2290. The minimum atomic E-state index is 0.460. The van der Waals surface area contributed by atoms with Crippen LogP contribution in [0.5, 0.6) is 0 Å². The Balaban J connectivity index is 1.33. The smallest absolute Gasteiger partial charge is 0.241 e. The fourth-order valence-electron chi connectivity index (χ4n) is 6.47. The molecule has 0 spiro atoms. The van der Waals surface area contributed by atoms with Gasteiger partial charge in [0.2, 0.25) is 17.8 Å². The standard InChI is InChI=1S/C39H26N6/c1-2-14-26(15-3-1)27-16-4-9-21-32(27)40-37-41-38(44-33-22-10-5-17-28(33)29-18-6-11-23-34(29)44)43-39(42-37)45-35-24-12-7-19-30(35)31-20-8-13-25-36(31)45/h1-25H,(H,40,41,42,43). The molecule has 0 aliphatic heterocycles. The van der Waals surface area contributed by atoms with Gasteiger partial charge in [-0.3, -0.25) is 9.13 Å². The lowest BCUT2D eigenvalue weighted by Gasteiger charge is -2.15. The second-order valence-corrected chi connectivity index (χ2v) is 11.0. The maximum absolute atomic E-state index is 5.20. The topological polar surface area (TPSA) is 60.6 Å². The Morgan fingerprint density at radius 2 is 0.778 bits per heavy atom. The zero-order valence-corrected chi connectivity index (χ0v) is 24.2. The van der Waals surface area contributed by atoms with Crippen LogP contribution in [0.1, 0.15) is 0 Å². The third-order valence-electron chi connectivity index (χ3n) is 8.43. The van der Waals surface area contributed by atoms with E-state index < -0.39 is 0 Å². The maximum Gasteiger partial charge on any atom is 0.241 e. The van der Waals surface area contributed by atoms with Crippen LogP contribution in [0, 0.1) is 0 Å². The van der Waals surface area contributed by atoms with E-state index in [2.05, 4.69) is 148 Å². The van der Waals surface area contributed by atoms with E-state index in [1.807, 2.05) is 18.2 Å². The van der Waals surface area contributed by atoms with Crippen molar-refractivity contribution in [1.82, 2.24) is 24.1 Å². The SMILES string of the molecule is c1ccc(-c2ccccc2Nc2nc(-n3c4ccccc4c4ccccc43)nc(-n3c4ccccc4c4ccccc43)n2)cc1. The molecule has 0 aliphatic rings. The fourth-order valence-corrected chi connectivity index (χ4v) is 6.47. The molecule has 0 saturated carbocycles. The summed E-state index contributed by atoms with van der Waals surface area (Å²) in [6.07, 6.45) is 0. The van der Waals surface area contributed by atoms with Crippen LogP contribution < -0.4 is 5.32 Å². The van der Waals surface area contributed by atoms with Gasteiger partial charge in [-0.1, -0.05) is 121 Å². The number of hydrogen-bond donors (Lipinski definition) is 1. The average Bonchev–Trinajstić information content (AvgIpc) is 3.62. The molecular formula is C39H26N6. The number of nitrogens with one attached hydrogen (secondary N) is 1. The molecule has 9 rings (SSSR count). The Morgan fingerprint density at radius 1 is 0.378 bits per heavy atom. The minimum absolute atomic E-state index is 0.460. The number of benzene rings is 6. The summed E-state index contributed by atoms with van der Waals surface area (Å²) < 4.78 is 4.27. The zero-order valence-electron chi connectivity index (χ0n) is 24.2. The predicted molar refractivity (Wildman–Crippen MR) is 184 cm³/mol. The second-order valence-electron chi connectivity index (χ2n) is 11.0. The lowest BCUT2D eigenvalue weighted by molar-refractivity contribution is 0.893. The Kier molecular flexibility index (Phi) is 5.71. The highest BCUT2D eigenvalue weighted by Crippen LogP contribution is 2.35. The first kappa shape index (κ1) is 25.2. The van der Waals surface area contributed by atoms with Gasteiger partial charge in [-0.2, -0.15) is 15.0 Å². The van der Waals surface area contributed by atoms with Gasteiger partial charge in [-0.25, -0.2) is 0 Å². The maximum atomic E-state index is 5.20. The van der Waals surface area contributed by atoms with Crippen molar-refractivity contribution >= 4 is 55.2 Å². The van der Waals surface area contributed by atoms with Gasteiger partial charge in [-0.15, -0.1) is 0 Å². The number of fused-ring (bicyclic) bond motifs is 6. The molecule has 0 bridgehead atoms. The molecule has 0 radical (unpaired) electrons. The summed E-state index contributed by atoms with van der Waals surface area (Å²) in [6, 6.07) is 52.2. The molecule has 212 valence electrons. The van der Waals surface area contributed by atoms with E-state index in [1.54, 1.807) is 0 Å². The molecular weight excluding hydrogens is 552 g/mol. The Hall–Kier alpha value is -6.27. The monoisotopic (exact) mass is 578 g/mol. The molecule has 0 aliphatic carbocycles. The summed E-state index contributed by atoms with van der Waals surface area (Å²) in [5.41, 5.74) is 7.23. The summed E-state index contributed by atoms with van der Waals surface area (Å²) in [7, 11) is 0. The average molecular weight is 579 g/mol. The summed E-state index contributed by atoms with van der Waals surface area (Å²) in [5, 5.41) is 8.17. The van der Waals surface area contributed by atoms with Crippen molar-refractivity contribution in [2.45, 2.75) is 0 Å². The van der Waals surface area contributed by atoms with E-state index in [9.17, 15) is 0 Å². The van der Waals surface area contributed by atoms with Gasteiger partial charge < -0.3 is 5.32 Å².